The van der Waals surface area contributed by atoms with E-state index in [-0.39, 0.29) is 50.2 Å². The van der Waals surface area contributed by atoms with Crippen molar-refractivity contribution in [2.24, 2.45) is 0 Å². The molecule has 2 fully saturated rings. The largest absolute Gasteiger partial charge is 0.448 e. The first kappa shape index (κ1) is 33.1. The quantitative estimate of drug-likeness (QED) is 0.172. The van der Waals surface area contributed by atoms with Crippen LogP contribution in [-0.4, -0.2) is 81.1 Å². The number of nitrogens with zero attached hydrogens (tertiary/aromatic N) is 4. The molecule has 6 rings (SSSR count). The van der Waals surface area contributed by atoms with E-state index >= 15 is 0 Å². The first-order chi connectivity index (χ1) is 23.2. The standard InChI is InChI=1S/C36H37FN5O5P/c1-3-19-40(36(45)38-21-26-11-15-29(37)16-12-26)41-24-34(43)42-32(20-25-13-17-30(18-14-25)47-48(2)46)35(44)39(23-33(41)42)22-28-9-6-8-27-7-4-5-10-31(27)28/h3-18,32-33,46H,1,19-24H2,2H3,(H,38,45)/t32-,33+,48?/m0/s1. The average molecular weight is 670 g/mol. The lowest BCUT2D eigenvalue weighted by molar-refractivity contribution is -0.157. The number of carbonyl (C=O) groups is 3. The van der Waals surface area contributed by atoms with Crippen LogP contribution < -0.4 is 9.84 Å². The molecule has 48 heavy (non-hydrogen) atoms. The number of hydrazine groups is 1. The molecule has 4 aromatic rings. The molecule has 0 aliphatic carbocycles. The molecular formula is C36H37FN5O5P. The number of rotatable bonds is 11. The van der Waals surface area contributed by atoms with E-state index in [4.69, 9.17) is 4.52 Å². The van der Waals surface area contributed by atoms with Gasteiger partial charge in [-0.25, -0.2) is 9.18 Å². The van der Waals surface area contributed by atoms with Crippen molar-refractivity contribution in [3.05, 3.63) is 126 Å². The van der Waals surface area contributed by atoms with E-state index < -0.39 is 26.6 Å². The van der Waals surface area contributed by atoms with Crippen molar-refractivity contribution < 1.29 is 28.2 Å². The normalized spacial score (nSPS) is 18.5. The van der Waals surface area contributed by atoms with E-state index in [2.05, 4.69) is 11.9 Å². The Balaban J connectivity index is 1.30. The van der Waals surface area contributed by atoms with Gasteiger partial charge < -0.3 is 24.5 Å². The molecule has 0 spiro atoms. The summed E-state index contributed by atoms with van der Waals surface area (Å²) in [6.45, 7) is 6.11. The first-order valence-electron chi connectivity index (χ1n) is 15.6. The second-order valence-corrected chi connectivity index (χ2v) is 12.9. The van der Waals surface area contributed by atoms with Crippen LogP contribution in [0, 0.1) is 5.82 Å². The van der Waals surface area contributed by atoms with Crippen LogP contribution in [-0.2, 0) is 29.1 Å². The molecule has 1 unspecified atom stereocenters. The Labute approximate surface area is 279 Å². The molecular weight excluding hydrogens is 632 g/mol. The summed E-state index contributed by atoms with van der Waals surface area (Å²) in [5.41, 5.74) is 2.51. The molecule has 0 bridgehead atoms. The van der Waals surface area contributed by atoms with Crippen LogP contribution in [0.3, 0.4) is 0 Å². The molecule has 4 aromatic carbocycles. The highest BCUT2D eigenvalue weighted by molar-refractivity contribution is 7.45. The van der Waals surface area contributed by atoms with E-state index in [9.17, 15) is 23.7 Å². The van der Waals surface area contributed by atoms with Crippen molar-refractivity contribution in [3.8, 4) is 5.75 Å². The van der Waals surface area contributed by atoms with Crippen LogP contribution >= 0.6 is 8.38 Å². The lowest BCUT2D eigenvalue weighted by Gasteiger charge is -2.46. The van der Waals surface area contributed by atoms with Gasteiger partial charge in [0.05, 0.1) is 19.6 Å². The summed E-state index contributed by atoms with van der Waals surface area (Å²) in [6.07, 6.45) is 1.22. The minimum atomic E-state index is -1.58. The SMILES string of the molecule is C=CCN(C(=O)NCc1ccc(F)cc1)N1CC(=O)N2[C@@H](Cc3ccc(OP(C)O)cc3)C(=O)N(Cc3cccc4ccccc34)C[C@@H]21. The maximum Gasteiger partial charge on any atom is 0.332 e. The van der Waals surface area contributed by atoms with Gasteiger partial charge in [0, 0.05) is 26.2 Å². The Morgan fingerprint density at radius 3 is 2.48 bits per heavy atom. The van der Waals surface area contributed by atoms with Crippen LogP contribution in [0.4, 0.5) is 9.18 Å². The van der Waals surface area contributed by atoms with Crippen molar-refractivity contribution in [1.82, 2.24) is 25.1 Å². The Hall–Kier alpha value is -4.83. The molecule has 0 aromatic heterocycles. The summed E-state index contributed by atoms with van der Waals surface area (Å²) in [6, 6.07) is 25.7. The number of halogens is 1. The van der Waals surface area contributed by atoms with Gasteiger partial charge in [0.2, 0.25) is 20.2 Å². The zero-order valence-corrected chi connectivity index (χ0v) is 27.4. The fourth-order valence-electron chi connectivity index (χ4n) is 6.39. The third kappa shape index (κ3) is 7.18. The topological polar surface area (TPSA) is 106 Å². The van der Waals surface area contributed by atoms with Gasteiger partial charge >= 0.3 is 6.03 Å². The van der Waals surface area contributed by atoms with Gasteiger partial charge in [-0.2, -0.15) is 5.01 Å². The summed E-state index contributed by atoms with van der Waals surface area (Å²) < 4.78 is 18.9. The smallest absolute Gasteiger partial charge is 0.332 e. The molecule has 2 heterocycles. The van der Waals surface area contributed by atoms with Crippen LogP contribution in [0.25, 0.3) is 10.8 Å². The maximum atomic E-state index is 14.3. The highest BCUT2D eigenvalue weighted by Crippen LogP contribution is 2.33. The van der Waals surface area contributed by atoms with Crippen LogP contribution in [0.2, 0.25) is 0 Å². The first-order valence-corrected chi connectivity index (χ1v) is 17.3. The summed E-state index contributed by atoms with van der Waals surface area (Å²) in [7, 11) is -1.58. The lowest BCUT2D eigenvalue weighted by atomic mass is 9.99. The van der Waals surface area contributed by atoms with E-state index in [0.29, 0.717) is 12.3 Å². The predicted molar refractivity (Wildman–Crippen MR) is 182 cm³/mol. The third-order valence-corrected chi connectivity index (χ3v) is 9.08. The molecule has 12 heteroatoms. The predicted octanol–water partition coefficient (Wildman–Crippen LogP) is 5.03. The molecule has 2 aliphatic heterocycles. The number of nitrogens with one attached hydrogen (secondary N) is 1. The third-order valence-electron chi connectivity index (χ3n) is 8.60. The number of urea groups is 1. The molecule has 4 amide bonds. The van der Waals surface area contributed by atoms with E-state index in [0.717, 1.165) is 27.5 Å². The fraction of sp³-hybridized carbons (Fsp3) is 0.250. The highest BCUT2D eigenvalue weighted by Gasteiger charge is 2.52. The highest BCUT2D eigenvalue weighted by atomic mass is 31.2. The monoisotopic (exact) mass is 669 g/mol. The lowest BCUT2D eigenvalue weighted by Crippen LogP contribution is -2.66. The minimum absolute atomic E-state index is 0.0995. The van der Waals surface area contributed by atoms with Crippen LogP contribution in [0.15, 0.2) is 104 Å². The Kier molecular flexibility index (Phi) is 10.0. The Bertz CT molecular complexity index is 1800. The minimum Gasteiger partial charge on any atom is -0.448 e. The number of fused-ring (bicyclic) bond motifs is 2. The summed E-state index contributed by atoms with van der Waals surface area (Å²) >= 11 is 0. The molecule has 2 saturated heterocycles. The second-order valence-electron chi connectivity index (χ2n) is 11.8. The number of amides is 4. The van der Waals surface area contributed by atoms with Crippen molar-refractivity contribution >= 4 is 37.0 Å². The van der Waals surface area contributed by atoms with Gasteiger partial charge in [0.25, 0.3) is 0 Å². The Morgan fingerprint density at radius 2 is 1.75 bits per heavy atom. The number of piperazine rings is 1. The summed E-state index contributed by atoms with van der Waals surface area (Å²) in [5.74, 6) is -0.303. The van der Waals surface area contributed by atoms with Crippen molar-refractivity contribution in [2.45, 2.75) is 31.7 Å². The van der Waals surface area contributed by atoms with E-state index in [1.807, 2.05) is 54.6 Å². The zero-order valence-electron chi connectivity index (χ0n) is 26.5. The summed E-state index contributed by atoms with van der Waals surface area (Å²) in [5, 5.41) is 8.13. The number of hydrogen-bond acceptors (Lipinski definition) is 6. The van der Waals surface area contributed by atoms with Crippen molar-refractivity contribution in [3.63, 3.8) is 0 Å². The van der Waals surface area contributed by atoms with Gasteiger partial charge in [-0.05, 0) is 51.7 Å². The molecule has 10 nitrogen and oxygen atoms in total. The number of hydrogen-bond donors (Lipinski definition) is 2. The molecule has 3 atom stereocenters. The molecule has 2 aliphatic rings. The number of carbonyl (C=O) groups excluding carboxylic acids is 3. The van der Waals surface area contributed by atoms with Gasteiger partial charge in [-0.15, -0.1) is 6.58 Å². The van der Waals surface area contributed by atoms with Crippen LogP contribution in [0.5, 0.6) is 5.75 Å². The van der Waals surface area contributed by atoms with Gasteiger partial charge in [-0.1, -0.05) is 72.8 Å². The van der Waals surface area contributed by atoms with Crippen molar-refractivity contribution in [1.29, 1.82) is 0 Å². The maximum absolute atomic E-state index is 14.3. The zero-order chi connectivity index (χ0) is 33.8. The summed E-state index contributed by atoms with van der Waals surface area (Å²) in [4.78, 5) is 54.7. The second kappa shape index (κ2) is 14.5. The van der Waals surface area contributed by atoms with Gasteiger partial charge in [-0.3, -0.25) is 14.6 Å². The molecule has 0 radical (unpaired) electrons. The molecule has 0 saturated carbocycles. The fourth-order valence-corrected chi connectivity index (χ4v) is 6.81. The average Bonchev–Trinajstić information content (AvgIpc) is 3.40. The van der Waals surface area contributed by atoms with Gasteiger partial charge in [0.15, 0.2) is 0 Å². The Morgan fingerprint density at radius 1 is 1.04 bits per heavy atom. The number of benzene rings is 4. The van der Waals surface area contributed by atoms with E-state index in [1.165, 1.54) is 17.1 Å². The van der Waals surface area contributed by atoms with E-state index in [1.54, 1.807) is 51.8 Å². The molecule has 248 valence electrons. The molecule has 2 N–H and O–H groups in total. The van der Waals surface area contributed by atoms with Crippen LogP contribution in [0.1, 0.15) is 16.7 Å². The van der Waals surface area contributed by atoms with Crippen molar-refractivity contribution in [2.75, 3.05) is 26.3 Å². The van der Waals surface area contributed by atoms with Gasteiger partial charge in [0.1, 0.15) is 23.8 Å².